The van der Waals surface area contributed by atoms with Crippen molar-refractivity contribution in [1.82, 2.24) is 5.16 Å². The molecule has 0 fully saturated rings. The molecular formula is C14H15ClN2O3. The number of rotatable bonds is 4. The maximum Gasteiger partial charge on any atom is 0.229 e. The topological polar surface area (TPSA) is 64.4 Å². The van der Waals surface area contributed by atoms with Crippen molar-refractivity contribution in [2.24, 2.45) is 0 Å². The Morgan fingerprint density at radius 3 is 2.75 bits per heavy atom. The highest BCUT2D eigenvalue weighted by Crippen LogP contribution is 2.26. The van der Waals surface area contributed by atoms with Crippen LogP contribution in [0.4, 0.5) is 5.69 Å². The largest absolute Gasteiger partial charge is 0.497 e. The summed E-state index contributed by atoms with van der Waals surface area (Å²) in [6, 6.07) is 5.08. The third-order valence-corrected chi connectivity index (χ3v) is 3.28. The standard InChI is InChI=1S/C14H15ClN2O3/c1-8-11(9(2)20-17-8)7-14(18)16-13-5-4-10(19-3)6-12(13)15/h4-6H,7H2,1-3H3,(H,16,18). The zero-order chi connectivity index (χ0) is 14.7. The van der Waals surface area contributed by atoms with Gasteiger partial charge in [-0.05, 0) is 26.0 Å². The molecule has 0 aliphatic heterocycles. The molecule has 0 saturated heterocycles. The second-order valence-corrected chi connectivity index (χ2v) is 4.78. The lowest BCUT2D eigenvalue weighted by molar-refractivity contribution is -0.115. The molecule has 5 nitrogen and oxygen atoms in total. The normalized spacial score (nSPS) is 10.4. The van der Waals surface area contributed by atoms with E-state index in [1.54, 1.807) is 39.2 Å². The highest BCUT2D eigenvalue weighted by atomic mass is 35.5. The van der Waals surface area contributed by atoms with E-state index < -0.39 is 0 Å². The van der Waals surface area contributed by atoms with E-state index in [9.17, 15) is 4.79 Å². The zero-order valence-corrected chi connectivity index (χ0v) is 12.2. The predicted molar refractivity (Wildman–Crippen MR) is 76.3 cm³/mol. The lowest BCUT2D eigenvalue weighted by Gasteiger charge is -2.08. The average molecular weight is 295 g/mol. The number of anilines is 1. The Hall–Kier alpha value is -2.01. The number of hydrogen-bond acceptors (Lipinski definition) is 4. The minimum absolute atomic E-state index is 0.175. The van der Waals surface area contributed by atoms with Crippen molar-refractivity contribution >= 4 is 23.2 Å². The van der Waals surface area contributed by atoms with E-state index in [1.807, 2.05) is 0 Å². The molecule has 1 heterocycles. The third kappa shape index (κ3) is 3.11. The van der Waals surface area contributed by atoms with E-state index in [0.29, 0.717) is 22.2 Å². The van der Waals surface area contributed by atoms with Gasteiger partial charge >= 0.3 is 0 Å². The molecule has 0 aliphatic rings. The Morgan fingerprint density at radius 2 is 2.20 bits per heavy atom. The summed E-state index contributed by atoms with van der Waals surface area (Å²) in [5, 5.41) is 7.00. The van der Waals surface area contributed by atoms with Gasteiger partial charge in [0, 0.05) is 11.6 Å². The van der Waals surface area contributed by atoms with E-state index in [1.165, 1.54) is 0 Å². The first-order valence-corrected chi connectivity index (χ1v) is 6.44. The van der Waals surface area contributed by atoms with Gasteiger partial charge < -0.3 is 14.6 Å². The number of aromatic nitrogens is 1. The van der Waals surface area contributed by atoms with Crippen molar-refractivity contribution < 1.29 is 14.1 Å². The Labute approximate surface area is 121 Å². The van der Waals surface area contributed by atoms with E-state index in [4.69, 9.17) is 20.9 Å². The van der Waals surface area contributed by atoms with Crippen LogP contribution in [0.2, 0.25) is 5.02 Å². The molecule has 0 atom stereocenters. The van der Waals surface area contributed by atoms with Gasteiger partial charge in [-0.25, -0.2) is 0 Å². The van der Waals surface area contributed by atoms with Gasteiger partial charge in [0.25, 0.3) is 0 Å². The van der Waals surface area contributed by atoms with E-state index in [-0.39, 0.29) is 12.3 Å². The SMILES string of the molecule is COc1ccc(NC(=O)Cc2c(C)noc2C)c(Cl)c1. The first-order valence-electron chi connectivity index (χ1n) is 6.06. The fraction of sp³-hybridized carbons (Fsp3) is 0.286. The number of nitrogens with one attached hydrogen (secondary N) is 1. The van der Waals surface area contributed by atoms with Gasteiger partial charge in [0.15, 0.2) is 0 Å². The lowest BCUT2D eigenvalue weighted by atomic mass is 10.1. The van der Waals surface area contributed by atoms with Gasteiger partial charge in [0.2, 0.25) is 5.91 Å². The molecule has 2 rings (SSSR count). The number of carbonyl (C=O) groups is 1. The van der Waals surface area contributed by atoms with Crippen LogP contribution in [0.15, 0.2) is 22.7 Å². The van der Waals surface area contributed by atoms with Crippen molar-refractivity contribution in [3.8, 4) is 5.75 Å². The molecule has 0 bridgehead atoms. The summed E-state index contributed by atoms with van der Waals surface area (Å²) >= 11 is 6.07. The van der Waals surface area contributed by atoms with Crippen LogP contribution in [0.5, 0.6) is 5.75 Å². The number of aryl methyl sites for hydroxylation is 2. The van der Waals surface area contributed by atoms with Crippen LogP contribution >= 0.6 is 11.6 Å². The van der Waals surface area contributed by atoms with Gasteiger partial charge in [-0.3, -0.25) is 4.79 Å². The Kier molecular flexibility index (Phi) is 4.29. The molecule has 0 radical (unpaired) electrons. The third-order valence-electron chi connectivity index (χ3n) is 2.97. The number of benzene rings is 1. The van der Waals surface area contributed by atoms with Crippen LogP contribution < -0.4 is 10.1 Å². The number of amides is 1. The predicted octanol–water partition coefficient (Wildman–Crippen LogP) is 3.13. The average Bonchev–Trinajstić information content (AvgIpc) is 2.73. The summed E-state index contributed by atoms with van der Waals surface area (Å²) in [7, 11) is 1.56. The fourth-order valence-corrected chi connectivity index (χ4v) is 2.05. The van der Waals surface area contributed by atoms with Crippen LogP contribution in [0.25, 0.3) is 0 Å². The van der Waals surface area contributed by atoms with Gasteiger partial charge in [0.1, 0.15) is 11.5 Å². The minimum atomic E-state index is -0.175. The number of halogens is 1. The second-order valence-electron chi connectivity index (χ2n) is 4.37. The number of carbonyl (C=O) groups excluding carboxylic acids is 1. The monoisotopic (exact) mass is 294 g/mol. The van der Waals surface area contributed by atoms with Crippen molar-refractivity contribution in [3.05, 3.63) is 40.2 Å². The quantitative estimate of drug-likeness (QED) is 0.941. The molecule has 6 heteroatoms. The molecule has 1 aromatic heterocycles. The first kappa shape index (κ1) is 14.4. The van der Waals surface area contributed by atoms with Gasteiger partial charge in [-0.2, -0.15) is 0 Å². The van der Waals surface area contributed by atoms with Crippen LogP contribution in [-0.4, -0.2) is 18.2 Å². The molecule has 0 unspecified atom stereocenters. The molecule has 0 aliphatic carbocycles. The summed E-state index contributed by atoms with van der Waals surface area (Å²) in [5.41, 5.74) is 2.06. The molecule has 1 amide bonds. The van der Waals surface area contributed by atoms with Crippen molar-refractivity contribution in [3.63, 3.8) is 0 Å². The van der Waals surface area contributed by atoms with Crippen LogP contribution in [0.1, 0.15) is 17.0 Å². The summed E-state index contributed by atoms with van der Waals surface area (Å²) in [4.78, 5) is 12.0. The van der Waals surface area contributed by atoms with Crippen molar-refractivity contribution in [2.75, 3.05) is 12.4 Å². The summed E-state index contributed by atoms with van der Waals surface area (Å²) in [5.74, 6) is 1.11. The van der Waals surface area contributed by atoms with E-state index in [2.05, 4.69) is 10.5 Å². The van der Waals surface area contributed by atoms with Gasteiger partial charge in [-0.1, -0.05) is 16.8 Å². The smallest absolute Gasteiger partial charge is 0.229 e. The van der Waals surface area contributed by atoms with Crippen LogP contribution in [0, 0.1) is 13.8 Å². The van der Waals surface area contributed by atoms with Gasteiger partial charge in [0.05, 0.1) is 29.9 Å². The fourth-order valence-electron chi connectivity index (χ4n) is 1.83. The maximum atomic E-state index is 12.0. The number of nitrogens with zero attached hydrogens (tertiary/aromatic N) is 1. The number of hydrogen-bond donors (Lipinski definition) is 1. The second kappa shape index (κ2) is 5.96. The maximum absolute atomic E-state index is 12.0. The van der Waals surface area contributed by atoms with Crippen LogP contribution in [0.3, 0.4) is 0 Å². The minimum Gasteiger partial charge on any atom is -0.497 e. The summed E-state index contributed by atoms with van der Waals surface area (Å²) in [6.07, 6.45) is 0.198. The molecule has 2 aromatic rings. The van der Waals surface area contributed by atoms with Crippen molar-refractivity contribution in [1.29, 1.82) is 0 Å². The summed E-state index contributed by atoms with van der Waals surface area (Å²) in [6.45, 7) is 3.59. The highest BCUT2D eigenvalue weighted by molar-refractivity contribution is 6.33. The molecule has 20 heavy (non-hydrogen) atoms. The number of methoxy groups -OCH3 is 1. The number of ether oxygens (including phenoxy) is 1. The molecule has 0 saturated carbocycles. The van der Waals surface area contributed by atoms with E-state index in [0.717, 1.165) is 11.3 Å². The zero-order valence-electron chi connectivity index (χ0n) is 11.5. The molecular weight excluding hydrogens is 280 g/mol. The van der Waals surface area contributed by atoms with E-state index >= 15 is 0 Å². The Morgan fingerprint density at radius 1 is 1.45 bits per heavy atom. The Bertz CT molecular complexity index is 618. The lowest BCUT2D eigenvalue weighted by Crippen LogP contribution is -2.15. The molecule has 1 N–H and O–H groups in total. The van der Waals surface area contributed by atoms with Crippen molar-refractivity contribution in [2.45, 2.75) is 20.3 Å². The molecule has 0 spiro atoms. The Balaban J connectivity index is 2.09. The summed E-state index contributed by atoms with van der Waals surface area (Å²) < 4.78 is 10.1. The van der Waals surface area contributed by atoms with Crippen LogP contribution in [-0.2, 0) is 11.2 Å². The highest BCUT2D eigenvalue weighted by Gasteiger charge is 2.14. The first-order chi connectivity index (χ1) is 9.51. The molecule has 106 valence electrons. The molecule has 1 aromatic carbocycles. The van der Waals surface area contributed by atoms with Gasteiger partial charge in [-0.15, -0.1) is 0 Å².